The molecule has 1 saturated heterocycles. The van der Waals surface area contributed by atoms with Gasteiger partial charge in [-0.1, -0.05) is 32.0 Å². The van der Waals surface area contributed by atoms with E-state index in [0.29, 0.717) is 5.41 Å². The SMILES string of the molecule is CC1(C)CN(C(=O)c2ccccc2)C1. The average Bonchev–Trinajstić information content (AvgIpc) is 2.14. The lowest BCUT2D eigenvalue weighted by molar-refractivity contribution is 0.0236. The van der Waals surface area contributed by atoms with Crippen LogP contribution in [0, 0.1) is 5.41 Å². The fourth-order valence-corrected chi connectivity index (χ4v) is 1.89. The van der Waals surface area contributed by atoms with Crippen molar-refractivity contribution in [2.24, 2.45) is 5.41 Å². The molecule has 0 unspecified atom stereocenters. The van der Waals surface area contributed by atoms with E-state index in [2.05, 4.69) is 13.8 Å². The molecule has 14 heavy (non-hydrogen) atoms. The largest absolute Gasteiger partial charge is 0.337 e. The summed E-state index contributed by atoms with van der Waals surface area (Å²) in [5.41, 5.74) is 1.10. The quantitative estimate of drug-likeness (QED) is 0.663. The third-order valence-electron chi connectivity index (χ3n) is 2.55. The first-order valence-corrected chi connectivity index (χ1v) is 4.93. The van der Waals surface area contributed by atoms with Crippen molar-refractivity contribution in [3.8, 4) is 0 Å². The molecule has 0 atom stereocenters. The molecule has 1 aromatic carbocycles. The Morgan fingerprint density at radius 2 is 1.79 bits per heavy atom. The lowest BCUT2D eigenvalue weighted by Gasteiger charge is -2.45. The number of carbonyl (C=O) groups excluding carboxylic acids is 1. The van der Waals surface area contributed by atoms with E-state index in [0.717, 1.165) is 18.7 Å². The standard InChI is InChI=1S/C12H15NO/c1-12(2)8-13(9-12)11(14)10-6-4-3-5-7-10/h3-7H,8-9H2,1-2H3. The maximum absolute atomic E-state index is 11.8. The lowest BCUT2D eigenvalue weighted by Crippen LogP contribution is -2.55. The minimum atomic E-state index is 0.157. The molecule has 2 heteroatoms. The second kappa shape index (κ2) is 3.12. The fraction of sp³-hybridized carbons (Fsp3) is 0.417. The van der Waals surface area contributed by atoms with Gasteiger partial charge in [0.1, 0.15) is 0 Å². The predicted octanol–water partition coefficient (Wildman–Crippen LogP) is 2.17. The van der Waals surface area contributed by atoms with Gasteiger partial charge in [-0.25, -0.2) is 0 Å². The number of rotatable bonds is 1. The van der Waals surface area contributed by atoms with Crippen molar-refractivity contribution in [1.29, 1.82) is 0 Å². The Morgan fingerprint density at radius 3 is 2.29 bits per heavy atom. The number of benzene rings is 1. The molecule has 1 aromatic rings. The van der Waals surface area contributed by atoms with Gasteiger partial charge in [0.05, 0.1) is 0 Å². The Bertz CT molecular complexity index is 335. The molecule has 0 aromatic heterocycles. The van der Waals surface area contributed by atoms with Crippen molar-refractivity contribution in [2.45, 2.75) is 13.8 Å². The zero-order valence-corrected chi connectivity index (χ0v) is 8.66. The molecule has 0 saturated carbocycles. The van der Waals surface area contributed by atoms with Crippen LogP contribution in [0.1, 0.15) is 24.2 Å². The van der Waals surface area contributed by atoms with Crippen LogP contribution in [0.4, 0.5) is 0 Å². The summed E-state index contributed by atoms with van der Waals surface area (Å²) in [7, 11) is 0. The smallest absolute Gasteiger partial charge is 0.253 e. The van der Waals surface area contributed by atoms with Crippen LogP contribution in [0.5, 0.6) is 0 Å². The van der Waals surface area contributed by atoms with Gasteiger partial charge in [0.25, 0.3) is 5.91 Å². The predicted molar refractivity (Wildman–Crippen MR) is 56.1 cm³/mol. The van der Waals surface area contributed by atoms with E-state index in [4.69, 9.17) is 0 Å². The Morgan fingerprint density at radius 1 is 1.21 bits per heavy atom. The first-order valence-electron chi connectivity index (χ1n) is 4.93. The number of carbonyl (C=O) groups is 1. The minimum absolute atomic E-state index is 0.157. The Kier molecular flexibility index (Phi) is 2.06. The van der Waals surface area contributed by atoms with E-state index in [-0.39, 0.29) is 5.91 Å². The summed E-state index contributed by atoms with van der Waals surface area (Å²) in [4.78, 5) is 13.7. The zero-order valence-electron chi connectivity index (χ0n) is 8.66. The normalized spacial score (nSPS) is 18.9. The van der Waals surface area contributed by atoms with E-state index in [1.54, 1.807) is 0 Å². The summed E-state index contributed by atoms with van der Waals surface area (Å²) in [6, 6.07) is 9.47. The van der Waals surface area contributed by atoms with Crippen molar-refractivity contribution in [3.63, 3.8) is 0 Å². The molecular formula is C12H15NO. The summed E-state index contributed by atoms with van der Waals surface area (Å²) in [6.07, 6.45) is 0. The molecular weight excluding hydrogens is 174 g/mol. The second-order valence-corrected chi connectivity index (χ2v) is 4.69. The number of amides is 1. The highest BCUT2D eigenvalue weighted by atomic mass is 16.2. The zero-order chi connectivity index (χ0) is 10.2. The van der Waals surface area contributed by atoms with Crippen LogP contribution in [0.2, 0.25) is 0 Å². The van der Waals surface area contributed by atoms with Crippen LogP contribution in [0.25, 0.3) is 0 Å². The van der Waals surface area contributed by atoms with Crippen LogP contribution < -0.4 is 0 Å². The molecule has 0 spiro atoms. The van der Waals surface area contributed by atoms with Crippen molar-refractivity contribution in [2.75, 3.05) is 13.1 Å². The molecule has 1 aliphatic rings. The molecule has 2 nitrogen and oxygen atoms in total. The van der Waals surface area contributed by atoms with E-state index in [1.807, 2.05) is 35.2 Å². The van der Waals surface area contributed by atoms with Crippen LogP contribution >= 0.6 is 0 Å². The van der Waals surface area contributed by atoms with Gasteiger partial charge in [0, 0.05) is 18.7 Å². The Labute approximate surface area is 84.5 Å². The van der Waals surface area contributed by atoms with Crippen molar-refractivity contribution < 1.29 is 4.79 Å². The van der Waals surface area contributed by atoms with E-state index < -0.39 is 0 Å². The Hall–Kier alpha value is -1.31. The van der Waals surface area contributed by atoms with Crippen molar-refractivity contribution in [3.05, 3.63) is 35.9 Å². The van der Waals surface area contributed by atoms with Gasteiger partial charge in [-0.2, -0.15) is 0 Å². The summed E-state index contributed by atoms with van der Waals surface area (Å²) in [5.74, 6) is 0.157. The van der Waals surface area contributed by atoms with Crippen LogP contribution in [-0.4, -0.2) is 23.9 Å². The molecule has 1 aliphatic heterocycles. The van der Waals surface area contributed by atoms with Gasteiger partial charge in [-0.3, -0.25) is 4.79 Å². The first kappa shape index (κ1) is 9.25. The van der Waals surface area contributed by atoms with Gasteiger partial charge < -0.3 is 4.90 Å². The van der Waals surface area contributed by atoms with Crippen molar-refractivity contribution >= 4 is 5.91 Å². The monoisotopic (exact) mass is 189 g/mol. The third-order valence-corrected chi connectivity index (χ3v) is 2.55. The van der Waals surface area contributed by atoms with Gasteiger partial charge in [0.2, 0.25) is 0 Å². The molecule has 1 amide bonds. The summed E-state index contributed by atoms with van der Waals surface area (Å²) in [5, 5.41) is 0. The summed E-state index contributed by atoms with van der Waals surface area (Å²) < 4.78 is 0. The second-order valence-electron chi connectivity index (χ2n) is 4.69. The van der Waals surface area contributed by atoms with E-state index >= 15 is 0 Å². The summed E-state index contributed by atoms with van der Waals surface area (Å²) >= 11 is 0. The number of hydrogen-bond acceptors (Lipinski definition) is 1. The molecule has 0 bridgehead atoms. The topological polar surface area (TPSA) is 20.3 Å². The van der Waals surface area contributed by atoms with Crippen LogP contribution in [0.3, 0.4) is 0 Å². The van der Waals surface area contributed by atoms with E-state index in [9.17, 15) is 4.79 Å². The third kappa shape index (κ3) is 1.65. The highest BCUT2D eigenvalue weighted by Crippen LogP contribution is 2.29. The molecule has 0 radical (unpaired) electrons. The number of nitrogens with zero attached hydrogens (tertiary/aromatic N) is 1. The lowest BCUT2D eigenvalue weighted by atomic mass is 9.84. The molecule has 0 aliphatic carbocycles. The van der Waals surface area contributed by atoms with Gasteiger partial charge in [0.15, 0.2) is 0 Å². The minimum Gasteiger partial charge on any atom is -0.337 e. The van der Waals surface area contributed by atoms with E-state index in [1.165, 1.54) is 0 Å². The van der Waals surface area contributed by atoms with Crippen LogP contribution in [-0.2, 0) is 0 Å². The van der Waals surface area contributed by atoms with Gasteiger partial charge in [-0.15, -0.1) is 0 Å². The highest BCUT2D eigenvalue weighted by Gasteiger charge is 2.37. The average molecular weight is 189 g/mol. The maximum atomic E-state index is 11.8. The molecule has 2 rings (SSSR count). The summed E-state index contributed by atoms with van der Waals surface area (Å²) in [6.45, 7) is 6.12. The Balaban J connectivity index is 2.05. The van der Waals surface area contributed by atoms with Gasteiger partial charge in [-0.05, 0) is 17.5 Å². The van der Waals surface area contributed by atoms with Crippen LogP contribution in [0.15, 0.2) is 30.3 Å². The molecule has 1 fully saturated rings. The fourth-order valence-electron chi connectivity index (χ4n) is 1.89. The first-order chi connectivity index (χ1) is 6.58. The maximum Gasteiger partial charge on any atom is 0.253 e. The number of likely N-dealkylation sites (tertiary alicyclic amines) is 1. The molecule has 74 valence electrons. The molecule has 1 heterocycles. The molecule has 0 N–H and O–H groups in total. The van der Waals surface area contributed by atoms with Gasteiger partial charge >= 0.3 is 0 Å². The highest BCUT2D eigenvalue weighted by molar-refractivity contribution is 5.94. The van der Waals surface area contributed by atoms with Crippen molar-refractivity contribution in [1.82, 2.24) is 4.90 Å². The number of hydrogen-bond donors (Lipinski definition) is 0.